The van der Waals surface area contributed by atoms with Crippen LogP contribution in [0.1, 0.15) is 11.5 Å². The maximum absolute atomic E-state index is 6.84. The maximum atomic E-state index is 6.84. The van der Waals surface area contributed by atoms with Crippen LogP contribution in [-0.4, -0.2) is 20.2 Å². The van der Waals surface area contributed by atoms with E-state index in [9.17, 15) is 0 Å². The van der Waals surface area contributed by atoms with E-state index in [4.69, 9.17) is 19.4 Å². The number of benzene rings is 9. The van der Waals surface area contributed by atoms with Crippen LogP contribution in [0.2, 0.25) is 0 Å². The summed E-state index contributed by atoms with van der Waals surface area (Å²) >= 11 is 1.91. The van der Waals surface area contributed by atoms with Gasteiger partial charge in [-0.3, -0.25) is 0 Å². The van der Waals surface area contributed by atoms with Crippen LogP contribution in [0.3, 0.4) is 0 Å². The van der Waals surface area contributed by atoms with Gasteiger partial charge >= 0.3 is 0 Å². The molecule has 2 aromatic heterocycles. The lowest BCUT2D eigenvalue weighted by Gasteiger charge is -2.14. The first-order valence-electron chi connectivity index (χ1n) is 21.7. The summed E-state index contributed by atoms with van der Waals surface area (Å²) in [7, 11) is 0. The number of hydrogen-bond acceptors (Lipinski definition) is 5. The Morgan fingerprint density at radius 2 is 0.984 bits per heavy atom. The minimum Gasteiger partial charge on any atom is -0.456 e. The first-order chi connectivity index (χ1) is 31.6. The number of rotatable bonds is 6. The van der Waals surface area contributed by atoms with Gasteiger partial charge in [0.25, 0.3) is 0 Å². The summed E-state index contributed by atoms with van der Waals surface area (Å²) in [4.78, 5) is 17.3. The van der Waals surface area contributed by atoms with Crippen molar-refractivity contribution < 1.29 is 4.42 Å². The van der Waals surface area contributed by atoms with E-state index in [1.54, 1.807) is 0 Å². The molecule has 0 N–H and O–H groups in total. The minimum absolute atomic E-state index is 0.370. The van der Waals surface area contributed by atoms with Gasteiger partial charge in [-0.15, -0.1) is 11.8 Å². The van der Waals surface area contributed by atoms with E-state index in [0.29, 0.717) is 28.6 Å². The summed E-state index contributed by atoms with van der Waals surface area (Å²) in [6, 6.07) is 66.9. The molecular formula is C59H37N3OS. The summed E-state index contributed by atoms with van der Waals surface area (Å²) in [6.07, 6.45) is 8.94. The Balaban J connectivity index is 1.02. The van der Waals surface area contributed by atoms with Crippen molar-refractivity contribution in [2.24, 2.45) is 0 Å². The van der Waals surface area contributed by atoms with Crippen LogP contribution >= 0.6 is 11.8 Å². The summed E-state index contributed by atoms with van der Waals surface area (Å²) in [5.41, 5.74) is 12.5. The molecule has 3 heterocycles. The molecule has 13 rings (SSSR count). The van der Waals surface area contributed by atoms with Gasteiger partial charge in [0.15, 0.2) is 17.5 Å². The lowest BCUT2D eigenvalue weighted by Crippen LogP contribution is -2.06. The number of hydrogen-bond donors (Lipinski definition) is 0. The maximum Gasteiger partial charge on any atom is 0.164 e. The van der Waals surface area contributed by atoms with Crippen molar-refractivity contribution in [3.8, 4) is 67.5 Å². The van der Waals surface area contributed by atoms with E-state index in [-0.39, 0.29) is 0 Å². The van der Waals surface area contributed by atoms with Crippen LogP contribution in [0, 0.1) is 0 Å². The van der Waals surface area contributed by atoms with Crippen LogP contribution in [0.25, 0.3) is 111 Å². The van der Waals surface area contributed by atoms with Gasteiger partial charge in [0.1, 0.15) is 11.2 Å². The molecule has 1 aliphatic carbocycles. The Hall–Kier alpha value is -7.86. The molecule has 11 aromatic rings. The molecule has 0 spiro atoms. The van der Waals surface area contributed by atoms with E-state index in [0.717, 1.165) is 77.0 Å². The van der Waals surface area contributed by atoms with Crippen molar-refractivity contribution in [2.75, 3.05) is 0 Å². The highest BCUT2D eigenvalue weighted by Gasteiger charge is 2.31. The Kier molecular flexibility index (Phi) is 8.56. The lowest BCUT2D eigenvalue weighted by molar-refractivity contribution is 0.669. The number of furan rings is 1. The monoisotopic (exact) mass is 835 g/mol. The van der Waals surface area contributed by atoms with Crippen LogP contribution in [0.5, 0.6) is 0 Å². The molecule has 9 aromatic carbocycles. The third kappa shape index (κ3) is 6.35. The Labute approximate surface area is 374 Å². The van der Waals surface area contributed by atoms with Gasteiger partial charge in [-0.25, -0.2) is 15.0 Å². The minimum atomic E-state index is 0.370. The quantitative estimate of drug-likeness (QED) is 0.167. The zero-order valence-corrected chi connectivity index (χ0v) is 35.3. The van der Waals surface area contributed by atoms with E-state index in [1.807, 2.05) is 11.8 Å². The van der Waals surface area contributed by atoms with Gasteiger partial charge in [-0.05, 0) is 103 Å². The van der Waals surface area contributed by atoms with E-state index in [1.165, 1.54) is 27.0 Å². The fourth-order valence-electron chi connectivity index (χ4n) is 9.56. The van der Waals surface area contributed by atoms with Crippen molar-refractivity contribution >= 4 is 55.2 Å². The number of thioether (sulfide) groups is 1. The van der Waals surface area contributed by atoms with Crippen molar-refractivity contribution in [1.82, 2.24) is 15.0 Å². The SMILES string of the molecule is C1=CC2Sc3cc(-c4nc(-c5ccc6ccccc6c5)nc(-c5cc(-c6cccc(-c7ccc(-c8ccccc8)cc7)c6)cc6oc7cc8ccccc8cc7c56)n4)ccc3C2C=C1. The standard InChI is InChI=1S/C59H37N3OS/c1-2-11-36(12-3-1)38-21-23-39(24-22-38)41-17-10-18-42(29-41)47-32-51(56-50-31-43-15-6-7-16-44(43)33-52(50)63-53(56)34-47)59-61-57(45-26-25-37-13-4-5-14-40(37)30-45)60-58(62-59)46-27-28-49-48-19-8-9-20-54(48)64-55(49)35-46/h1-35,48,54H. The molecule has 2 aliphatic rings. The largest absolute Gasteiger partial charge is 0.456 e. The van der Waals surface area contributed by atoms with Gasteiger partial charge in [-0.1, -0.05) is 170 Å². The Bertz CT molecular complexity index is 3720. The Morgan fingerprint density at radius 1 is 0.391 bits per heavy atom. The zero-order valence-electron chi connectivity index (χ0n) is 34.5. The van der Waals surface area contributed by atoms with Crippen LogP contribution < -0.4 is 0 Å². The fraction of sp³-hybridized carbons (Fsp3) is 0.0339. The van der Waals surface area contributed by atoms with Gasteiger partial charge in [0.2, 0.25) is 0 Å². The first-order valence-corrected chi connectivity index (χ1v) is 22.6. The second-order valence-electron chi connectivity index (χ2n) is 16.7. The molecule has 2 atom stereocenters. The predicted molar refractivity (Wildman–Crippen MR) is 265 cm³/mol. The summed E-state index contributed by atoms with van der Waals surface area (Å²) in [5.74, 6) is 2.22. The predicted octanol–water partition coefficient (Wildman–Crippen LogP) is 15.8. The van der Waals surface area contributed by atoms with Gasteiger partial charge in [-0.2, -0.15) is 0 Å². The van der Waals surface area contributed by atoms with Crippen molar-refractivity contribution in [1.29, 1.82) is 0 Å². The topological polar surface area (TPSA) is 51.8 Å². The molecule has 0 bridgehead atoms. The molecule has 64 heavy (non-hydrogen) atoms. The van der Waals surface area contributed by atoms with E-state index >= 15 is 0 Å². The molecule has 4 nitrogen and oxygen atoms in total. The first kappa shape index (κ1) is 36.8. The van der Waals surface area contributed by atoms with Gasteiger partial charge in [0, 0.05) is 43.5 Å². The molecule has 0 fully saturated rings. The third-order valence-electron chi connectivity index (χ3n) is 12.8. The molecule has 0 saturated carbocycles. The molecule has 0 radical (unpaired) electrons. The summed E-state index contributed by atoms with van der Waals surface area (Å²) < 4.78 is 6.84. The second-order valence-corrected chi connectivity index (χ2v) is 17.9. The molecule has 2 unspecified atom stereocenters. The van der Waals surface area contributed by atoms with Crippen molar-refractivity contribution in [2.45, 2.75) is 16.1 Å². The van der Waals surface area contributed by atoms with Crippen molar-refractivity contribution in [3.05, 3.63) is 218 Å². The molecule has 1 aliphatic heterocycles. The lowest BCUT2D eigenvalue weighted by atomic mass is 9.92. The molecule has 0 amide bonds. The van der Waals surface area contributed by atoms with Crippen LogP contribution in [0.4, 0.5) is 0 Å². The third-order valence-corrected chi connectivity index (χ3v) is 14.2. The number of allylic oxidation sites excluding steroid dienone is 3. The molecule has 0 saturated heterocycles. The van der Waals surface area contributed by atoms with Gasteiger partial charge < -0.3 is 4.42 Å². The highest BCUT2D eigenvalue weighted by atomic mass is 32.2. The highest BCUT2D eigenvalue weighted by Crippen LogP contribution is 2.49. The summed E-state index contributed by atoms with van der Waals surface area (Å²) in [6.45, 7) is 0. The Morgan fingerprint density at radius 3 is 1.78 bits per heavy atom. The normalized spacial score (nSPS) is 15.3. The molecular weight excluding hydrogens is 799 g/mol. The zero-order chi connectivity index (χ0) is 42.1. The summed E-state index contributed by atoms with van der Waals surface area (Å²) in [5, 5.41) is 6.97. The average Bonchev–Trinajstić information content (AvgIpc) is 3.92. The van der Waals surface area contributed by atoms with E-state index in [2.05, 4.69) is 212 Å². The average molecular weight is 836 g/mol. The smallest absolute Gasteiger partial charge is 0.164 e. The van der Waals surface area contributed by atoms with Crippen LogP contribution in [-0.2, 0) is 0 Å². The number of nitrogens with zero attached hydrogens (tertiary/aromatic N) is 3. The number of fused-ring (bicyclic) bond motifs is 8. The second kappa shape index (κ2) is 14.9. The van der Waals surface area contributed by atoms with E-state index < -0.39 is 0 Å². The van der Waals surface area contributed by atoms with Crippen molar-refractivity contribution in [3.63, 3.8) is 0 Å². The molecule has 5 heteroatoms. The number of aromatic nitrogens is 3. The highest BCUT2D eigenvalue weighted by molar-refractivity contribution is 8.00. The fourth-order valence-corrected chi connectivity index (χ4v) is 10.9. The van der Waals surface area contributed by atoms with Gasteiger partial charge in [0.05, 0.1) is 0 Å². The van der Waals surface area contributed by atoms with Crippen LogP contribution in [0.15, 0.2) is 222 Å². The molecule has 300 valence electrons.